The molecule has 0 aliphatic carbocycles. The Morgan fingerprint density at radius 3 is 2.71 bits per heavy atom. The van der Waals surface area contributed by atoms with Gasteiger partial charge in [-0.3, -0.25) is 4.79 Å². The molecule has 1 aliphatic heterocycles. The van der Waals surface area contributed by atoms with Crippen molar-refractivity contribution in [2.75, 3.05) is 5.32 Å². The summed E-state index contributed by atoms with van der Waals surface area (Å²) in [6, 6.07) is 12.9. The molecule has 0 bridgehead atoms. The summed E-state index contributed by atoms with van der Waals surface area (Å²) in [6.07, 6.45) is 0.255. The van der Waals surface area contributed by atoms with Crippen molar-refractivity contribution in [1.29, 1.82) is 0 Å². The number of benzene rings is 2. The molecule has 1 aliphatic rings. The van der Waals surface area contributed by atoms with Crippen LogP contribution in [0.1, 0.15) is 18.1 Å². The Hall–Kier alpha value is -3.66. The summed E-state index contributed by atoms with van der Waals surface area (Å²) in [5, 5.41) is 7.24. The van der Waals surface area contributed by atoms with Gasteiger partial charge in [-0.1, -0.05) is 0 Å². The van der Waals surface area contributed by atoms with E-state index in [1.165, 1.54) is 16.4 Å². The summed E-state index contributed by atoms with van der Waals surface area (Å²) < 4.78 is 15.5. The van der Waals surface area contributed by atoms with Crippen LogP contribution < -0.4 is 10.1 Å². The number of rotatable bonds is 4. The fraction of sp³-hybridized carbons (Fsp3) is 0.111. The molecule has 138 valence electrons. The summed E-state index contributed by atoms with van der Waals surface area (Å²) in [4.78, 5) is 20.5. The van der Waals surface area contributed by atoms with Crippen molar-refractivity contribution in [1.82, 2.24) is 23.5 Å². The van der Waals surface area contributed by atoms with Crippen molar-refractivity contribution in [3.63, 3.8) is 0 Å². The summed E-state index contributed by atoms with van der Waals surface area (Å²) in [5.41, 5.74) is 3.15. The van der Waals surface area contributed by atoms with Crippen LogP contribution in [0.2, 0.25) is 0 Å². The molecule has 4 aromatic rings. The van der Waals surface area contributed by atoms with Crippen LogP contribution in [-0.2, 0) is 0 Å². The van der Waals surface area contributed by atoms with E-state index in [0.717, 1.165) is 22.4 Å². The number of nitrogens with one attached hydrogen (secondary N) is 1. The fourth-order valence-corrected chi connectivity index (χ4v) is 3.31. The van der Waals surface area contributed by atoms with Crippen molar-refractivity contribution in [3.05, 3.63) is 42.5 Å². The number of anilines is 2. The minimum absolute atomic E-state index is 0.140. The molecule has 3 heterocycles. The monoisotopic (exact) mass is 391 g/mol. The number of nitrogens with zero attached hydrogens (tertiary/aromatic N) is 6. The van der Waals surface area contributed by atoms with Gasteiger partial charge in [-0.15, -0.1) is 5.10 Å². The van der Waals surface area contributed by atoms with Crippen molar-refractivity contribution in [2.45, 2.75) is 13.3 Å². The van der Waals surface area contributed by atoms with Crippen LogP contribution in [0, 0.1) is 0 Å². The Morgan fingerprint density at radius 2 is 1.86 bits per heavy atom. The highest BCUT2D eigenvalue weighted by molar-refractivity contribution is 7.00. The summed E-state index contributed by atoms with van der Waals surface area (Å²) in [6.45, 7) is 1.80. The number of carbonyl (C=O) groups is 1. The number of fused-ring (bicyclic) bond motifs is 2. The zero-order valence-electron chi connectivity index (χ0n) is 14.7. The molecular weight excluding hydrogens is 378 g/mol. The predicted molar refractivity (Wildman–Crippen MR) is 105 cm³/mol. The van der Waals surface area contributed by atoms with Crippen molar-refractivity contribution < 1.29 is 9.53 Å². The average Bonchev–Trinajstić information content (AvgIpc) is 3.29. The standard InChI is InChI=1S/C18H13N7O2S/c1-10-8-16(26)25-18(19-10)21-17(22-25)20-11-2-4-12(5-3-11)27-13-6-7-14-15(9-13)24-28-23-14/h2-7,9H,8H2,1H3,(H,20,22). The number of ether oxygens (including phenoxy) is 1. The van der Waals surface area contributed by atoms with Gasteiger partial charge in [0.05, 0.1) is 18.1 Å². The summed E-state index contributed by atoms with van der Waals surface area (Å²) >= 11 is 1.17. The van der Waals surface area contributed by atoms with Crippen molar-refractivity contribution >= 4 is 52.0 Å². The molecule has 2 aromatic heterocycles. The van der Waals surface area contributed by atoms with Gasteiger partial charge in [0.25, 0.3) is 11.9 Å². The molecule has 0 atom stereocenters. The first kappa shape index (κ1) is 16.5. The average molecular weight is 391 g/mol. The van der Waals surface area contributed by atoms with Crippen LogP contribution in [0.4, 0.5) is 17.6 Å². The van der Waals surface area contributed by atoms with E-state index in [1.54, 1.807) is 6.92 Å². The Kier molecular flexibility index (Phi) is 3.83. The molecule has 0 spiro atoms. The van der Waals surface area contributed by atoms with E-state index in [4.69, 9.17) is 4.74 Å². The number of hydrogen-bond acceptors (Lipinski definition) is 9. The topological polar surface area (TPSA) is 107 Å². The smallest absolute Gasteiger partial charge is 0.257 e. The molecule has 28 heavy (non-hydrogen) atoms. The molecule has 5 rings (SSSR count). The second-order valence-electron chi connectivity index (χ2n) is 6.23. The molecular formula is C18H13N7O2S. The summed E-state index contributed by atoms with van der Waals surface area (Å²) in [5.74, 6) is 1.84. The number of hydrogen-bond donors (Lipinski definition) is 1. The van der Waals surface area contributed by atoms with Gasteiger partial charge < -0.3 is 10.1 Å². The van der Waals surface area contributed by atoms with E-state index in [1.807, 2.05) is 42.5 Å². The van der Waals surface area contributed by atoms with Gasteiger partial charge in [-0.25, -0.2) is 4.99 Å². The SMILES string of the molecule is CC1=Nc2nc(Nc3ccc(Oc4ccc5nsnc5c4)cc3)nn2C(=O)C1. The highest BCUT2D eigenvalue weighted by Crippen LogP contribution is 2.27. The maximum absolute atomic E-state index is 12.0. The lowest BCUT2D eigenvalue weighted by Crippen LogP contribution is -2.19. The largest absolute Gasteiger partial charge is 0.457 e. The number of aromatic nitrogens is 5. The Labute approximate surface area is 163 Å². The zero-order valence-corrected chi connectivity index (χ0v) is 15.5. The second kappa shape index (κ2) is 6.50. The van der Waals surface area contributed by atoms with Crippen LogP contribution in [-0.4, -0.2) is 35.1 Å². The number of aliphatic imine (C=N–C) groups is 1. The van der Waals surface area contributed by atoms with E-state index in [0.29, 0.717) is 23.4 Å². The van der Waals surface area contributed by atoms with Gasteiger partial charge in [-0.2, -0.15) is 18.4 Å². The Morgan fingerprint density at radius 1 is 1.07 bits per heavy atom. The van der Waals surface area contributed by atoms with Gasteiger partial charge in [0, 0.05) is 17.5 Å². The van der Waals surface area contributed by atoms with Crippen LogP contribution in [0.3, 0.4) is 0 Å². The lowest BCUT2D eigenvalue weighted by Gasteiger charge is -2.07. The lowest BCUT2D eigenvalue weighted by atomic mass is 10.2. The van der Waals surface area contributed by atoms with E-state index < -0.39 is 0 Å². The first-order valence-electron chi connectivity index (χ1n) is 8.46. The van der Waals surface area contributed by atoms with E-state index >= 15 is 0 Å². The van der Waals surface area contributed by atoms with Crippen molar-refractivity contribution in [3.8, 4) is 11.5 Å². The molecule has 10 heteroatoms. The van der Waals surface area contributed by atoms with Gasteiger partial charge >= 0.3 is 0 Å². The number of carbonyl (C=O) groups excluding carboxylic acids is 1. The molecule has 0 fully saturated rings. The van der Waals surface area contributed by atoms with Gasteiger partial charge in [0.2, 0.25) is 5.95 Å². The molecule has 0 unspecified atom stereocenters. The molecule has 0 amide bonds. The van der Waals surface area contributed by atoms with Crippen LogP contribution in [0.15, 0.2) is 47.5 Å². The lowest BCUT2D eigenvalue weighted by molar-refractivity contribution is 0.0906. The maximum atomic E-state index is 12.0. The van der Waals surface area contributed by atoms with Crippen LogP contribution in [0.5, 0.6) is 11.5 Å². The maximum Gasteiger partial charge on any atom is 0.257 e. The van der Waals surface area contributed by atoms with Gasteiger partial charge in [-0.05, 0) is 43.3 Å². The molecule has 9 nitrogen and oxygen atoms in total. The van der Waals surface area contributed by atoms with Gasteiger partial charge in [0.15, 0.2) is 0 Å². The molecule has 1 N–H and O–H groups in total. The molecule has 2 aromatic carbocycles. The first-order chi connectivity index (χ1) is 13.6. The Bertz CT molecular complexity index is 1230. The highest BCUT2D eigenvalue weighted by atomic mass is 32.1. The van der Waals surface area contributed by atoms with E-state index in [2.05, 4.69) is 29.1 Å². The van der Waals surface area contributed by atoms with E-state index in [-0.39, 0.29) is 12.3 Å². The van der Waals surface area contributed by atoms with E-state index in [9.17, 15) is 4.79 Å². The summed E-state index contributed by atoms with van der Waals surface area (Å²) in [7, 11) is 0. The third kappa shape index (κ3) is 3.09. The minimum Gasteiger partial charge on any atom is -0.457 e. The molecule has 0 saturated carbocycles. The molecule has 0 saturated heterocycles. The normalized spacial score (nSPS) is 13.3. The van der Waals surface area contributed by atoms with Crippen LogP contribution in [0.25, 0.3) is 11.0 Å². The highest BCUT2D eigenvalue weighted by Gasteiger charge is 2.21. The third-order valence-corrected chi connectivity index (χ3v) is 4.65. The second-order valence-corrected chi connectivity index (χ2v) is 6.76. The molecule has 0 radical (unpaired) electrons. The fourth-order valence-electron chi connectivity index (χ4n) is 2.80. The predicted octanol–water partition coefficient (Wildman–Crippen LogP) is 3.96. The quantitative estimate of drug-likeness (QED) is 0.561. The van der Waals surface area contributed by atoms with Crippen molar-refractivity contribution in [2.24, 2.45) is 4.99 Å². The van der Waals surface area contributed by atoms with Crippen LogP contribution >= 0.6 is 11.7 Å². The minimum atomic E-state index is -0.140. The zero-order chi connectivity index (χ0) is 19.1. The third-order valence-electron chi connectivity index (χ3n) is 4.10. The first-order valence-corrected chi connectivity index (χ1v) is 9.19. The Balaban J connectivity index is 1.31. The van der Waals surface area contributed by atoms with Gasteiger partial charge in [0.1, 0.15) is 22.5 Å².